The summed E-state index contributed by atoms with van der Waals surface area (Å²) in [5, 5.41) is 2.87. The van der Waals surface area contributed by atoms with E-state index in [2.05, 4.69) is 20.2 Å². The SMILES string of the molecule is CN/C(=C\N)c1nc(N2CC3C(CC(=O)OC)C3C2)c2c(n1)C(F)(F)CCC2. The van der Waals surface area contributed by atoms with Crippen LogP contribution in [0.4, 0.5) is 14.6 Å². The Balaban J connectivity index is 1.65. The molecule has 0 amide bonds. The number of nitrogens with zero attached hydrogens (tertiary/aromatic N) is 3. The molecule has 0 bridgehead atoms. The number of carbonyl (C=O) groups is 1. The number of hydrogen-bond donors (Lipinski definition) is 2. The number of carbonyl (C=O) groups excluding carboxylic acids is 1. The fraction of sp³-hybridized carbons (Fsp3) is 0.632. The van der Waals surface area contributed by atoms with Crippen LogP contribution < -0.4 is 16.0 Å². The van der Waals surface area contributed by atoms with Crippen LogP contribution in [0.25, 0.3) is 5.70 Å². The largest absolute Gasteiger partial charge is 0.469 e. The van der Waals surface area contributed by atoms with Gasteiger partial charge in [0.2, 0.25) is 0 Å². The monoisotopic (exact) mass is 393 g/mol. The molecule has 2 fully saturated rings. The zero-order valence-electron chi connectivity index (χ0n) is 16.0. The number of alkyl halides is 2. The molecule has 2 aliphatic carbocycles. The molecule has 1 aromatic heterocycles. The van der Waals surface area contributed by atoms with Gasteiger partial charge in [0.25, 0.3) is 5.92 Å². The van der Waals surface area contributed by atoms with E-state index >= 15 is 0 Å². The minimum absolute atomic E-state index is 0.181. The van der Waals surface area contributed by atoms with Crippen LogP contribution in [-0.4, -0.2) is 43.2 Å². The fourth-order valence-corrected chi connectivity index (χ4v) is 4.66. The number of anilines is 1. The fourth-order valence-electron chi connectivity index (χ4n) is 4.66. The molecule has 28 heavy (non-hydrogen) atoms. The van der Waals surface area contributed by atoms with Crippen molar-refractivity contribution in [2.45, 2.75) is 31.6 Å². The molecule has 4 rings (SSSR count). The van der Waals surface area contributed by atoms with E-state index in [1.54, 1.807) is 7.05 Å². The highest BCUT2D eigenvalue weighted by atomic mass is 19.3. The molecule has 9 heteroatoms. The van der Waals surface area contributed by atoms with Gasteiger partial charge in [-0.2, -0.15) is 8.78 Å². The number of aromatic nitrogens is 2. The Labute approximate surface area is 162 Å². The molecule has 3 aliphatic rings. The summed E-state index contributed by atoms with van der Waals surface area (Å²) < 4.78 is 34.0. The maximum atomic E-state index is 14.6. The first-order valence-electron chi connectivity index (χ1n) is 9.60. The molecule has 1 aliphatic heterocycles. The molecule has 1 saturated carbocycles. The Bertz CT molecular complexity index is 817. The Morgan fingerprint density at radius 1 is 1.39 bits per heavy atom. The van der Waals surface area contributed by atoms with E-state index in [1.165, 1.54) is 13.3 Å². The number of fused-ring (bicyclic) bond motifs is 2. The van der Waals surface area contributed by atoms with Crippen LogP contribution in [0.5, 0.6) is 0 Å². The number of piperidine rings is 1. The summed E-state index contributed by atoms with van der Waals surface area (Å²) in [6.45, 7) is 1.42. The Morgan fingerprint density at radius 3 is 2.71 bits per heavy atom. The topological polar surface area (TPSA) is 93.4 Å². The molecule has 0 radical (unpaired) electrons. The van der Waals surface area contributed by atoms with E-state index in [0.717, 1.165) is 0 Å². The van der Waals surface area contributed by atoms with E-state index in [-0.39, 0.29) is 23.9 Å². The van der Waals surface area contributed by atoms with Gasteiger partial charge in [0.15, 0.2) is 5.82 Å². The lowest BCUT2D eigenvalue weighted by atomic mass is 9.92. The minimum atomic E-state index is -2.97. The van der Waals surface area contributed by atoms with E-state index < -0.39 is 5.92 Å². The van der Waals surface area contributed by atoms with Crippen LogP contribution in [0.3, 0.4) is 0 Å². The summed E-state index contributed by atoms with van der Waals surface area (Å²) in [6, 6.07) is 0. The van der Waals surface area contributed by atoms with E-state index in [9.17, 15) is 13.6 Å². The Morgan fingerprint density at radius 2 is 2.11 bits per heavy atom. The van der Waals surface area contributed by atoms with E-state index in [4.69, 9.17) is 10.5 Å². The first-order valence-corrected chi connectivity index (χ1v) is 9.60. The maximum Gasteiger partial charge on any atom is 0.305 e. The van der Waals surface area contributed by atoms with Gasteiger partial charge in [0.1, 0.15) is 11.5 Å². The minimum Gasteiger partial charge on any atom is -0.469 e. The number of esters is 1. The van der Waals surface area contributed by atoms with Gasteiger partial charge in [-0.15, -0.1) is 0 Å². The van der Waals surface area contributed by atoms with Gasteiger partial charge in [0, 0.05) is 44.7 Å². The summed E-state index contributed by atoms with van der Waals surface area (Å²) in [5.74, 6) is -1.32. The van der Waals surface area contributed by atoms with Gasteiger partial charge in [-0.1, -0.05) is 0 Å². The van der Waals surface area contributed by atoms with Gasteiger partial charge in [-0.3, -0.25) is 4.79 Å². The third-order valence-corrected chi connectivity index (χ3v) is 6.23. The smallest absolute Gasteiger partial charge is 0.305 e. The van der Waals surface area contributed by atoms with Crippen LogP contribution in [0, 0.1) is 17.8 Å². The average Bonchev–Trinajstić information content (AvgIpc) is 3.11. The molecular weight excluding hydrogens is 368 g/mol. The van der Waals surface area contributed by atoms with Gasteiger partial charge < -0.3 is 20.7 Å². The molecule has 3 N–H and O–H groups in total. The molecule has 0 spiro atoms. The number of halogens is 2. The lowest BCUT2D eigenvalue weighted by Crippen LogP contribution is -2.32. The zero-order chi connectivity index (χ0) is 20.1. The van der Waals surface area contributed by atoms with Gasteiger partial charge in [-0.25, -0.2) is 9.97 Å². The molecule has 0 aromatic carbocycles. The molecule has 2 atom stereocenters. The summed E-state index contributed by atoms with van der Waals surface area (Å²) in [6.07, 6.45) is 2.46. The average molecular weight is 393 g/mol. The van der Waals surface area contributed by atoms with Crippen LogP contribution in [-0.2, 0) is 21.9 Å². The predicted molar refractivity (Wildman–Crippen MR) is 99.4 cm³/mol. The molecular formula is C19H25F2N5O2. The molecule has 2 unspecified atom stereocenters. The van der Waals surface area contributed by atoms with Crippen molar-refractivity contribution < 1.29 is 18.3 Å². The van der Waals surface area contributed by atoms with Crippen molar-refractivity contribution in [1.29, 1.82) is 0 Å². The highest BCUT2D eigenvalue weighted by Gasteiger charge is 2.57. The van der Waals surface area contributed by atoms with Crippen molar-refractivity contribution in [3.05, 3.63) is 23.3 Å². The first-order chi connectivity index (χ1) is 13.4. The summed E-state index contributed by atoms with van der Waals surface area (Å²) >= 11 is 0. The van der Waals surface area contributed by atoms with Crippen molar-refractivity contribution in [2.75, 3.05) is 32.1 Å². The van der Waals surface area contributed by atoms with Crippen LogP contribution in [0.1, 0.15) is 36.3 Å². The number of nitrogens with two attached hydrogens (primary N) is 1. The third-order valence-electron chi connectivity index (χ3n) is 6.23. The van der Waals surface area contributed by atoms with Crippen LogP contribution >= 0.6 is 0 Å². The van der Waals surface area contributed by atoms with E-state index in [0.29, 0.717) is 67.2 Å². The summed E-state index contributed by atoms with van der Waals surface area (Å²) in [4.78, 5) is 22.4. The van der Waals surface area contributed by atoms with Crippen molar-refractivity contribution in [3.63, 3.8) is 0 Å². The number of ether oxygens (including phenoxy) is 1. The standard InChI is InChI=1S/C19H25F2N5O2/c1-23-14(7-22)17-24-16-10(4-3-5-19(16,20)21)18(25-17)26-8-12-11(13(12)9-26)6-15(27)28-2/h7,11-13,23H,3-6,8-9,22H2,1-2H3/b14-7-. The summed E-state index contributed by atoms with van der Waals surface area (Å²) in [7, 11) is 3.05. The number of hydrogen-bond acceptors (Lipinski definition) is 7. The number of nitrogens with one attached hydrogen (secondary N) is 1. The quantitative estimate of drug-likeness (QED) is 0.735. The van der Waals surface area contributed by atoms with E-state index in [1.807, 2.05) is 0 Å². The lowest BCUT2D eigenvalue weighted by Gasteiger charge is -2.30. The highest BCUT2D eigenvalue weighted by molar-refractivity contribution is 5.70. The zero-order valence-corrected chi connectivity index (χ0v) is 16.0. The second-order valence-corrected chi connectivity index (χ2v) is 7.76. The molecule has 2 heterocycles. The molecule has 7 nitrogen and oxygen atoms in total. The normalized spacial score (nSPS) is 27.8. The van der Waals surface area contributed by atoms with Gasteiger partial charge in [0.05, 0.1) is 12.8 Å². The highest BCUT2D eigenvalue weighted by Crippen LogP contribution is 2.55. The van der Waals surface area contributed by atoms with Crippen LogP contribution in [0.15, 0.2) is 6.20 Å². The predicted octanol–water partition coefficient (Wildman–Crippen LogP) is 1.63. The van der Waals surface area contributed by atoms with Crippen molar-refractivity contribution >= 4 is 17.5 Å². The molecule has 1 saturated heterocycles. The van der Waals surface area contributed by atoms with Crippen molar-refractivity contribution in [2.24, 2.45) is 23.5 Å². The third kappa shape index (κ3) is 3.06. The van der Waals surface area contributed by atoms with Crippen molar-refractivity contribution in [1.82, 2.24) is 15.3 Å². The molecule has 1 aromatic rings. The maximum absolute atomic E-state index is 14.6. The number of methoxy groups -OCH3 is 1. The Hall–Kier alpha value is -2.45. The second kappa shape index (κ2) is 6.86. The molecule has 152 valence electrons. The number of rotatable bonds is 5. The Kier molecular flexibility index (Phi) is 4.63. The summed E-state index contributed by atoms with van der Waals surface area (Å²) in [5.41, 5.74) is 6.39. The first kappa shape index (κ1) is 18.9. The van der Waals surface area contributed by atoms with Gasteiger partial charge >= 0.3 is 5.97 Å². The van der Waals surface area contributed by atoms with Crippen LogP contribution in [0.2, 0.25) is 0 Å². The van der Waals surface area contributed by atoms with Crippen molar-refractivity contribution in [3.8, 4) is 0 Å². The lowest BCUT2D eigenvalue weighted by molar-refractivity contribution is -0.141. The second-order valence-electron chi connectivity index (χ2n) is 7.76. The van der Waals surface area contributed by atoms with Gasteiger partial charge in [-0.05, 0) is 30.6 Å².